The summed E-state index contributed by atoms with van der Waals surface area (Å²) in [6.07, 6.45) is 4.39. The largest absolute Gasteiger partial charge is 0.352 e. The third-order valence-corrected chi connectivity index (χ3v) is 2.37. The van der Waals surface area contributed by atoms with Gasteiger partial charge in [0.25, 0.3) is 0 Å². The number of hydrogen-bond donors (Lipinski definition) is 2. The van der Waals surface area contributed by atoms with Gasteiger partial charge in [0.2, 0.25) is 5.91 Å². The zero-order chi connectivity index (χ0) is 11.3. The van der Waals surface area contributed by atoms with Crippen molar-refractivity contribution in [2.75, 3.05) is 6.54 Å². The van der Waals surface area contributed by atoms with E-state index >= 15 is 0 Å². The number of hydrogen-bond acceptors (Lipinski definition) is 3. The van der Waals surface area contributed by atoms with Gasteiger partial charge in [-0.3, -0.25) is 9.48 Å². The van der Waals surface area contributed by atoms with E-state index in [9.17, 15) is 4.79 Å². The lowest BCUT2D eigenvalue weighted by Crippen LogP contribution is -2.34. The molecule has 5 nitrogen and oxygen atoms in total. The molecule has 0 fully saturated rings. The summed E-state index contributed by atoms with van der Waals surface area (Å²) < 4.78 is 1.71. The Labute approximate surface area is 89.6 Å². The Balaban J connectivity index is 2.40. The van der Waals surface area contributed by atoms with Crippen LogP contribution in [0, 0.1) is 5.92 Å². The van der Waals surface area contributed by atoms with Crippen molar-refractivity contribution in [2.45, 2.75) is 19.9 Å². The Kier molecular flexibility index (Phi) is 4.30. The number of aromatic nitrogens is 2. The molecule has 1 aromatic heterocycles. The first-order valence-electron chi connectivity index (χ1n) is 5.12. The maximum Gasteiger partial charge on any atom is 0.224 e. The Morgan fingerprint density at radius 2 is 2.47 bits per heavy atom. The van der Waals surface area contributed by atoms with Gasteiger partial charge < -0.3 is 11.1 Å². The summed E-state index contributed by atoms with van der Waals surface area (Å²) in [6.45, 7) is 2.87. The molecule has 0 aliphatic rings. The van der Waals surface area contributed by atoms with Gasteiger partial charge >= 0.3 is 0 Å². The van der Waals surface area contributed by atoms with Crippen LogP contribution < -0.4 is 11.1 Å². The summed E-state index contributed by atoms with van der Waals surface area (Å²) in [6, 6.07) is 0. The van der Waals surface area contributed by atoms with Crippen molar-refractivity contribution in [3.63, 3.8) is 0 Å². The average Bonchev–Trinajstić information content (AvgIpc) is 2.63. The maximum atomic E-state index is 11.6. The minimum atomic E-state index is -0.0818. The molecule has 15 heavy (non-hydrogen) atoms. The monoisotopic (exact) mass is 210 g/mol. The van der Waals surface area contributed by atoms with Gasteiger partial charge in [-0.2, -0.15) is 5.10 Å². The zero-order valence-corrected chi connectivity index (χ0v) is 9.23. The second kappa shape index (κ2) is 5.50. The predicted octanol–water partition coefficient (Wildman–Crippen LogP) is 0.0212. The van der Waals surface area contributed by atoms with Crippen LogP contribution in [0.1, 0.15) is 18.9 Å². The summed E-state index contributed by atoms with van der Waals surface area (Å²) in [5.74, 6) is -0.0643. The van der Waals surface area contributed by atoms with Crippen LogP contribution >= 0.6 is 0 Å². The minimum Gasteiger partial charge on any atom is -0.352 e. The Morgan fingerprint density at radius 1 is 1.73 bits per heavy atom. The van der Waals surface area contributed by atoms with Gasteiger partial charge in [0, 0.05) is 37.8 Å². The van der Waals surface area contributed by atoms with Crippen LogP contribution in [0.25, 0.3) is 0 Å². The number of nitrogens with one attached hydrogen (secondary N) is 1. The SMILES string of the molecule is CCC(CN)C(=O)NCc1cnn(C)c1. The fourth-order valence-corrected chi connectivity index (χ4v) is 1.36. The lowest BCUT2D eigenvalue weighted by molar-refractivity contribution is -0.124. The molecule has 1 unspecified atom stereocenters. The first-order valence-corrected chi connectivity index (χ1v) is 5.12. The van der Waals surface area contributed by atoms with E-state index in [0.29, 0.717) is 13.1 Å². The number of amides is 1. The lowest BCUT2D eigenvalue weighted by atomic mass is 10.1. The molecule has 3 N–H and O–H groups in total. The summed E-state index contributed by atoms with van der Waals surface area (Å²) in [5.41, 5.74) is 6.48. The molecule has 0 aliphatic carbocycles. The molecule has 1 amide bonds. The van der Waals surface area contributed by atoms with Crippen LogP contribution in [0.2, 0.25) is 0 Å². The van der Waals surface area contributed by atoms with E-state index in [0.717, 1.165) is 12.0 Å². The van der Waals surface area contributed by atoms with E-state index in [1.165, 1.54) is 0 Å². The summed E-state index contributed by atoms with van der Waals surface area (Å²) in [7, 11) is 1.85. The Bertz CT molecular complexity index is 317. The summed E-state index contributed by atoms with van der Waals surface area (Å²) >= 11 is 0. The van der Waals surface area contributed by atoms with E-state index in [4.69, 9.17) is 5.73 Å². The Morgan fingerprint density at radius 3 is 2.93 bits per heavy atom. The molecule has 1 rings (SSSR count). The minimum absolute atomic E-state index is 0.0175. The highest BCUT2D eigenvalue weighted by Gasteiger charge is 2.13. The van der Waals surface area contributed by atoms with Crippen molar-refractivity contribution in [3.05, 3.63) is 18.0 Å². The van der Waals surface area contributed by atoms with Crippen molar-refractivity contribution >= 4 is 5.91 Å². The molecule has 0 aliphatic heterocycles. The van der Waals surface area contributed by atoms with Crippen LogP contribution in [0.5, 0.6) is 0 Å². The van der Waals surface area contributed by atoms with E-state index < -0.39 is 0 Å². The normalized spacial score (nSPS) is 12.5. The highest BCUT2D eigenvalue weighted by molar-refractivity contribution is 5.78. The van der Waals surface area contributed by atoms with E-state index in [1.807, 2.05) is 20.2 Å². The van der Waals surface area contributed by atoms with Gasteiger partial charge in [0.05, 0.1) is 6.20 Å². The number of rotatable bonds is 5. The molecular weight excluding hydrogens is 192 g/mol. The quantitative estimate of drug-likeness (QED) is 0.719. The van der Waals surface area contributed by atoms with Crippen LogP contribution in [0.15, 0.2) is 12.4 Å². The molecule has 0 aromatic carbocycles. The van der Waals surface area contributed by atoms with E-state index in [2.05, 4.69) is 10.4 Å². The van der Waals surface area contributed by atoms with Gasteiger partial charge in [-0.25, -0.2) is 0 Å². The predicted molar refractivity (Wildman–Crippen MR) is 57.9 cm³/mol. The molecule has 1 atom stereocenters. The molecule has 1 aromatic rings. The smallest absolute Gasteiger partial charge is 0.224 e. The number of carbonyl (C=O) groups is 1. The van der Waals surface area contributed by atoms with Crippen LogP contribution in [0.3, 0.4) is 0 Å². The van der Waals surface area contributed by atoms with Crippen molar-refractivity contribution in [2.24, 2.45) is 18.7 Å². The van der Waals surface area contributed by atoms with Crippen molar-refractivity contribution in [1.82, 2.24) is 15.1 Å². The summed E-state index contributed by atoms with van der Waals surface area (Å²) in [4.78, 5) is 11.6. The number of aryl methyl sites for hydroxylation is 1. The van der Waals surface area contributed by atoms with E-state index in [-0.39, 0.29) is 11.8 Å². The van der Waals surface area contributed by atoms with Gasteiger partial charge in [0.15, 0.2) is 0 Å². The second-order valence-corrected chi connectivity index (χ2v) is 3.58. The molecule has 84 valence electrons. The number of nitrogens with zero attached hydrogens (tertiary/aromatic N) is 2. The standard InChI is InChI=1S/C10H18N4O/c1-3-9(4-11)10(15)12-5-8-6-13-14(2)7-8/h6-7,9H,3-5,11H2,1-2H3,(H,12,15). The fraction of sp³-hybridized carbons (Fsp3) is 0.600. The second-order valence-electron chi connectivity index (χ2n) is 3.58. The van der Waals surface area contributed by atoms with Crippen molar-refractivity contribution in [1.29, 1.82) is 0 Å². The van der Waals surface area contributed by atoms with Crippen LogP contribution in [-0.2, 0) is 18.4 Å². The molecule has 0 saturated heterocycles. The maximum absolute atomic E-state index is 11.6. The summed E-state index contributed by atoms with van der Waals surface area (Å²) in [5, 5.41) is 6.86. The molecule has 0 radical (unpaired) electrons. The van der Waals surface area contributed by atoms with Crippen molar-refractivity contribution in [3.8, 4) is 0 Å². The van der Waals surface area contributed by atoms with Crippen LogP contribution in [0.4, 0.5) is 0 Å². The third kappa shape index (κ3) is 3.36. The van der Waals surface area contributed by atoms with Gasteiger partial charge in [-0.05, 0) is 6.42 Å². The highest BCUT2D eigenvalue weighted by atomic mass is 16.1. The topological polar surface area (TPSA) is 72.9 Å². The fourth-order valence-electron chi connectivity index (χ4n) is 1.36. The molecule has 0 saturated carbocycles. The molecule has 0 spiro atoms. The average molecular weight is 210 g/mol. The van der Waals surface area contributed by atoms with Gasteiger partial charge in [0.1, 0.15) is 0 Å². The molecule has 0 bridgehead atoms. The Hall–Kier alpha value is -1.36. The first-order chi connectivity index (χ1) is 7.17. The number of carbonyl (C=O) groups excluding carboxylic acids is 1. The van der Waals surface area contributed by atoms with E-state index in [1.54, 1.807) is 10.9 Å². The highest BCUT2D eigenvalue weighted by Crippen LogP contribution is 2.01. The zero-order valence-electron chi connectivity index (χ0n) is 9.23. The first kappa shape index (κ1) is 11.7. The van der Waals surface area contributed by atoms with Crippen molar-refractivity contribution < 1.29 is 4.79 Å². The third-order valence-electron chi connectivity index (χ3n) is 2.37. The molecular formula is C10H18N4O. The number of nitrogens with two attached hydrogens (primary N) is 1. The van der Waals surface area contributed by atoms with Gasteiger partial charge in [-0.1, -0.05) is 6.92 Å². The lowest BCUT2D eigenvalue weighted by Gasteiger charge is -2.11. The molecule has 5 heteroatoms. The molecule has 1 heterocycles. The van der Waals surface area contributed by atoms with Crippen LogP contribution in [-0.4, -0.2) is 22.2 Å². The van der Waals surface area contributed by atoms with Gasteiger partial charge in [-0.15, -0.1) is 0 Å².